The van der Waals surface area contributed by atoms with E-state index in [2.05, 4.69) is 5.32 Å². The molecule has 0 spiro atoms. The fourth-order valence-electron chi connectivity index (χ4n) is 1.40. The van der Waals surface area contributed by atoms with E-state index in [0.29, 0.717) is 21.4 Å². The van der Waals surface area contributed by atoms with Gasteiger partial charge in [0.05, 0.1) is 22.1 Å². The van der Waals surface area contributed by atoms with E-state index in [9.17, 15) is 0 Å². The van der Waals surface area contributed by atoms with Crippen LogP contribution < -0.4 is 16.8 Å². The molecule has 0 radical (unpaired) electrons. The Hall–Kier alpha value is -1.58. The highest BCUT2D eigenvalue weighted by atomic mass is 35.5. The van der Waals surface area contributed by atoms with Crippen LogP contribution in [0.25, 0.3) is 0 Å². The lowest BCUT2D eigenvalue weighted by Crippen LogP contribution is -1.97. The van der Waals surface area contributed by atoms with Gasteiger partial charge in [0.1, 0.15) is 0 Å². The minimum absolute atomic E-state index is 0.528. The molecule has 0 atom stereocenters. The molecule has 0 heterocycles. The van der Waals surface area contributed by atoms with Gasteiger partial charge in [-0.2, -0.15) is 0 Å². The van der Waals surface area contributed by atoms with Crippen molar-refractivity contribution in [3.63, 3.8) is 0 Å². The average molecular weight is 268 g/mol. The quantitative estimate of drug-likeness (QED) is 0.724. The zero-order valence-corrected chi connectivity index (χ0v) is 10.4. The third kappa shape index (κ3) is 2.75. The molecule has 5 N–H and O–H groups in total. The molecule has 0 aliphatic rings. The lowest BCUT2D eigenvalue weighted by atomic mass is 10.2. The second-order valence-corrected chi connectivity index (χ2v) is 4.44. The molecule has 0 saturated heterocycles. The predicted molar refractivity (Wildman–Crippen MR) is 75.0 cm³/mol. The molecule has 0 aromatic heterocycles. The summed E-state index contributed by atoms with van der Waals surface area (Å²) >= 11 is 11.9. The maximum atomic E-state index is 6.05. The van der Waals surface area contributed by atoms with Crippen LogP contribution >= 0.6 is 23.2 Å². The van der Waals surface area contributed by atoms with Gasteiger partial charge >= 0.3 is 0 Å². The average Bonchev–Trinajstić information content (AvgIpc) is 2.27. The van der Waals surface area contributed by atoms with Crippen molar-refractivity contribution in [3.05, 3.63) is 46.4 Å². The molecule has 2 aromatic rings. The summed E-state index contributed by atoms with van der Waals surface area (Å²) in [4.78, 5) is 0. The molecular formula is C12H11Cl2N3. The molecule has 0 amide bonds. The number of rotatable bonds is 2. The van der Waals surface area contributed by atoms with E-state index in [4.69, 9.17) is 34.7 Å². The number of halogens is 2. The van der Waals surface area contributed by atoms with E-state index in [1.807, 2.05) is 6.07 Å². The van der Waals surface area contributed by atoms with Crippen molar-refractivity contribution < 1.29 is 0 Å². The molecule has 0 aliphatic carbocycles. The minimum atomic E-state index is 0.528. The highest BCUT2D eigenvalue weighted by molar-refractivity contribution is 6.36. The first-order valence-electron chi connectivity index (χ1n) is 4.93. The molecule has 3 nitrogen and oxygen atoms in total. The summed E-state index contributed by atoms with van der Waals surface area (Å²) in [7, 11) is 0. The Kier molecular flexibility index (Phi) is 3.31. The van der Waals surface area contributed by atoms with E-state index in [1.165, 1.54) is 0 Å². The van der Waals surface area contributed by atoms with Crippen LogP contribution in [0.15, 0.2) is 36.4 Å². The smallest absolute Gasteiger partial charge is 0.0655 e. The Morgan fingerprint density at radius 1 is 0.882 bits per heavy atom. The Morgan fingerprint density at radius 3 is 2.29 bits per heavy atom. The van der Waals surface area contributed by atoms with Crippen LogP contribution in [-0.4, -0.2) is 0 Å². The molecular weight excluding hydrogens is 257 g/mol. The maximum absolute atomic E-state index is 6.05. The van der Waals surface area contributed by atoms with Gasteiger partial charge in [-0.15, -0.1) is 0 Å². The van der Waals surface area contributed by atoms with Crippen LogP contribution in [0.4, 0.5) is 22.7 Å². The van der Waals surface area contributed by atoms with Crippen molar-refractivity contribution in [3.8, 4) is 0 Å². The molecule has 5 heteroatoms. The number of nitrogens with two attached hydrogens (primary N) is 2. The van der Waals surface area contributed by atoms with Gasteiger partial charge in [-0.3, -0.25) is 0 Å². The Bertz CT molecular complexity index is 555. The molecule has 88 valence electrons. The van der Waals surface area contributed by atoms with Crippen molar-refractivity contribution in [2.75, 3.05) is 16.8 Å². The summed E-state index contributed by atoms with van der Waals surface area (Å²) in [5.74, 6) is 0. The van der Waals surface area contributed by atoms with E-state index >= 15 is 0 Å². The first kappa shape index (κ1) is 11.9. The molecule has 0 aliphatic heterocycles. The van der Waals surface area contributed by atoms with Crippen LogP contribution in [0.5, 0.6) is 0 Å². The van der Waals surface area contributed by atoms with Crippen molar-refractivity contribution in [2.45, 2.75) is 0 Å². The van der Waals surface area contributed by atoms with Gasteiger partial charge in [0.25, 0.3) is 0 Å². The third-order valence-electron chi connectivity index (χ3n) is 2.30. The van der Waals surface area contributed by atoms with Gasteiger partial charge < -0.3 is 16.8 Å². The van der Waals surface area contributed by atoms with Gasteiger partial charge in [-0.25, -0.2) is 0 Å². The molecule has 2 aromatic carbocycles. The van der Waals surface area contributed by atoms with E-state index in [0.717, 1.165) is 11.4 Å². The van der Waals surface area contributed by atoms with Crippen molar-refractivity contribution in [1.29, 1.82) is 0 Å². The fourth-order valence-corrected chi connectivity index (χ4v) is 1.85. The van der Waals surface area contributed by atoms with Gasteiger partial charge in [0.2, 0.25) is 0 Å². The lowest BCUT2D eigenvalue weighted by Gasteiger charge is -2.10. The Labute approximate surface area is 109 Å². The SMILES string of the molecule is Nc1ccc(Nc2ccc(Cl)cc2Cl)cc1N. The second-order valence-electron chi connectivity index (χ2n) is 3.59. The van der Waals surface area contributed by atoms with E-state index in [1.54, 1.807) is 30.3 Å². The van der Waals surface area contributed by atoms with Crippen molar-refractivity contribution >= 4 is 46.0 Å². The van der Waals surface area contributed by atoms with Gasteiger partial charge in [0.15, 0.2) is 0 Å². The number of benzene rings is 2. The van der Waals surface area contributed by atoms with E-state index < -0.39 is 0 Å². The molecule has 17 heavy (non-hydrogen) atoms. The number of hydrogen-bond acceptors (Lipinski definition) is 3. The lowest BCUT2D eigenvalue weighted by molar-refractivity contribution is 1.54. The summed E-state index contributed by atoms with van der Waals surface area (Å²) in [6, 6.07) is 10.6. The first-order chi connectivity index (χ1) is 8.06. The highest BCUT2D eigenvalue weighted by Crippen LogP contribution is 2.29. The van der Waals surface area contributed by atoms with Crippen LogP contribution in [0.2, 0.25) is 10.0 Å². The fraction of sp³-hybridized carbons (Fsp3) is 0. The molecule has 0 unspecified atom stereocenters. The second kappa shape index (κ2) is 4.73. The number of anilines is 4. The largest absolute Gasteiger partial charge is 0.397 e. The summed E-state index contributed by atoms with van der Waals surface area (Å²) < 4.78 is 0. The summed E-state index contributed by atoms with van der Waals surface area (Å²) in [6.45, 7) is 0. The first-order valence-corrected chi connectivity index (χ1v) is 5.69. The van der Waals surface area contributed by atoms with E-state index in [-0.39, 0.29) is 0 Å². The Balaban J connectivity index is 2.28. The normalized spacial score (nSPS) is 10.2. The molecule has 0 saturated carbocycles. The minimum Gasteiger partial charge on any atom is -0.397 e. The maximum Gasteiger partial charge on any atom is 0.0655 e. The number of nitrogens with one attached hydrogen (secondary N) is 1. The topological polar surface area (TPSA) is 64.1 Å². The standard InChI is InChI=1S/C12H11Cl2N3/c13-7-1-4-12(9(14)5-7)17-8-2-3-10(15)11(16)6-8/h1-6,17H,15-16H2. The molecule has 0 bridgehead atoms. The van der Waals surface area contributed by atoms with Crippen LogP contribution in [-0.2, 0) is 0 Å². The zero-order chi connectivity index (χ0) is 12.4. The monoisotopic (exact) mass is 267 g/mol. The van der Waals surface area contributed by atoms with Crippen molar-refractivity contribution in [1.82, 2.24) is 0 Å². The van der Waals surface area contributed by atoms with Gasteiger partial charge in [-0.1, -0.05) is 23.2 Å². The van der Waals surface area contributed by atoms with Crippen LogP contribution in [0.1, 0.15) is 0 Å². The van der Waals surface area contributed by atoms with Crippen LogP contribution in [0.3, 0.4) is 0 Å². The number of hydrogen-bond donors (Lipinski definition) is 3. The predicted octanol–water partition coefficient (Wildman–Crippen LogP) is 3.90. The van der Waals surface area contributed by atoms with Gasteiger partial charge in [-0.05, 0) is 36.4 Å². The molecule has 2 rings (SSSR count). The zero-order valence-electron chi connectivity index (χ0n) is 8.87. The van der Waals surface area contributed by atoms with Gasteiger partial charge in [0, 0.05) is 10.7 Å². The summed E-state index contributed by atoms with van der Waals surface area (Å²) in [5.41, 5.74) is 14.0. The summed E-state index contributed by atoms with van der Waals surface area (Å²) in [5, 5.41) is 4.29. The third-order valence-corrected chi connectivity index (χ3v) is 2.84. The Morgan fingerprint density at radius 2 is 1.65 bits per heavy atom. The van der Waals surface area contributed by atoms with Crippen molar-refractivity contribution in [2.24, 2.45) is 0 Å². The molecule has 0 fully saturated rings. The number of nitrogen functional groups attached to an aromatic ring is 2. The summed E-state index contributed by atoms with van der Waals surface area (Å²) in [6.07, 6.45) is 0. The highest BCUT2D eigenvalue weighted by Gasteiger charge is 2.03. The van der Waals surface area contributed by atoms with Crippen LogP contribution in [0, 0.1) is 0 Å².